The summed E-state index contributed by atoms with van der Waals surface area (Å²) in [5.41, 5.74) is 1.18. The summed E-state index contributed by atoms with van der Waals surface area (Å²) in [7, 11) is 0. The van der Waals surface area contributed by atoms with Crippen molar-refractivity contribution in [3.63, 3.8) is 0 Å². The summed E-state index contributed by atoms with van der Waals surface area (Å²) < 4.78 is 17.5. The standard InChI is InChI=1S/C13H19FN2O/c14-5-2-10-17-13-4-1-3-12(11-13)16-8-6-15-7-9-16/h1,3-4,11,15H,2,5-10H2. The zero-order valence-electron chi connectivity index (χ0n) is 9.99. The van der Waals surface area contributed by atoms with Gasteiger partial charge in [0.05, 0.1) is 13.3 Å². The SMILES string of the molecule is FCCCOc1cccc(N2CCNCC2)c1. The van der Waals surface area contributed by atoms with E-state index in [2.05, 4.69) is 16.3 Å². The van der Waals surface area contributed by atoms with Crippen molar-refractivity contribution >= 4 is 5.69 Å². The molecule has 1 aliphatic rings. The minimum atomic E-state index is -0.322. The van der Waals surface area contributed by atoms with Gasteiger partial charge in [0.25, 0.3) is 0 Å². The Hall–Kier alpha value is -1.29. The van der Waals surface area contributed by atoms with Gasteiger partial charge >= 0.3 is 0 Å². The second kappa shape index (κ2) is 6.45. The van der Waals surface area contributed by atoms with Gasteiger partial charge in [-0.2, -0.15) is 0 Å². The second-order valence-corrected chi connectivity index (χ2v) is 4.13. The third-order valence-electron chi connectivity index (χ3n) is 2.85. The minimum Gasteiger partial charge on any atom is -0.493 e. The van der Waals surface area contributed by atoms with Crippen LogP contribution in [0.15, 0.2) is 24.3 Å². The molecular weight excluding hydrogens is 219 g/mol. The van der Waals surface area contributed by atoms with Crippen molar-refractivity contribution in [1.82, 2.24) is 5.32 Å². The van der Waals surface area contributed by atoms with E-state index in [9.17, 15) is 4.39 Å². The third-order valence-corrected chi connectivity index (χ3v) is 2.85. The molecule has 1 aromatic carbocycles. The topological polar surface area (TPSA) is 24.5 Å². The fourth-order valence-electron chi connectivity index (χ4n) is 1.94. The van der Waals surface area contributed by atoms with Crippen LogP contribution in [-0.4, -0.2) is 39.5 Å². The van der Waals surface area contributed by atoms with E-state index in [1.165, 1.54) is 5.69 Å². The average Bonchev–Trinajstić information content (AvgIpc) is 2.41. The maximum atomic E-state index is 12.0. The van der Waals surface area contributed by atoms with E-state index in [0.29, 0.717) is 13.0 Å². The quantitative estimate of drug-likeness (QED) is 0.792. The molecule has 1 aromatic rings. The normalized spacial score (nSPS) is 15.9. The summed E-state index contributed by atoms with van der Waals surface area (Å²) in [6.07, 6.45) is 0.456. The Morgan fingerprint density at radius 1 is 1.29 bits per heavy atom. The number of hydrogen-bond donors (Lipinski definition) is 1. The molecule has 4 heteroatoms. The van der Waals surface area contributed by atoms with Crippen molar-refractivity contribution in [2.45, 2.75) is 6.42 Å². The number of piperazine rings is 1. The lowest BCUT2D eigenvalue weighted by molar-refractivity contribution is 0.289. The van der Waals surface area contributed by atoms with Crippen LogP contribution in [0.3, 0.4) is 0 Å². The maximum absolute atomic E-state index is 12.0. The Morgan fingerprint density at radius 3 is 2.88 bits per heavy atom. The molecule has 0 radical (unpaired) electrons. The summed E-state index contributed by atoms with van der Waals surface area (Å²) in [4.78, 5) is 2.33. The van der Waals surface area contributed by atoms with Gasteiger partial charge in [0.2, 0.25) is 0 Å². The summed E-state index contributed by atoms with van der Waals surface area (Å²) in [6.45, 7) is 4.21. The van der Waals surface area contributed by atoms with E-state index < -0.39 is 0 Å². The fraction of sp³-hybridized carbons (Fsp3) is 0.538. The van der Waals surface area contributed by atoms with E-state index in [0.717, 1.165) is 31.9 Å². The number of ether oxygens (including phenoxy) is 1. The molecule has 1 fully saturated rings. The predicted molar refractivity (Wildman–Crippen MR) is 67.6 cm³/mol. The van der Waals surface area contributed by atoms with Gasteiger partial charge in [-0.25, -0.2) is 0 Å². The molecule has 0 bridgehead atoms. The van der Waals surface area contributed by atoms with Gasteiger partial charge in [0.1, 0.15) is 5.75 Å². The molecule has 17 heavy (non-hydrogen) atoms. The number of alkyl halides is 1. The molecule has 1 heterocycles. The van der Waals surface area contributed by atoms with Crippen molar-refractivity contribution in [3.8, 4) is 5.75 Å². The van der Waals surface area contributed by atoms with Crippen LogP contribution in [0.2, 0.25) is 0 Å². The van der Waals surface area contributed by atoms with Crippen molar-refractivity contribution < 1.29 is 9.13 Å². The smallest absolute Gasteiger partial charge is 0.121 e. The van der Waals surface area contributed by atoms with Gasteiger partial charge < -0.3 is 15.0 Å². The van der Waals surface area contributed by atoms with Gasteiger partial charge in [-0.15, -0.1) is 0 Å². The number of anilines is 1. The van der Waals surface area contributed by atoms with Crippen molar-refractivity contribution in [3.05, 3.63) is 24.3 Å². The lowest BCUT2D eigenvalue weighted by atomic mass is 10.2. The van der Waals surface area contributed by atoms with E-state index in [4.69, 9.17) is 4.74 Å². The summed E-state index contributed by atoms with van der Waals surface area (Å²) >= 11 is 0. The maximum Gasteiger partial charge on any atom is 0.121 e. The van der Waals surface area contributed by atoms with Crippen molar-refractivity contribution in [1.29, 1.82) is 0 Å². The Labute approximate surface area is 102 Å². The van der Waals surface area contributed by atoms with Crippen LogP contribution in [-0.2, 0) is 0 Å². The van der Waals surface area contributed by atoms with Crippen LogP contribution < -0.4 is 15.0 Å². The van der Waals surface area contributed by atoms with Gasteiger partial charge in [0.15, 0.2) is 0 Å². The number of nitrogens with zero attached hydrogens (tertiary/aromatic N) is 1. The highest BCUT2D eigenvalue weighted by atomic mass is 19.1. The third kappa shape index (κ3) is 3.60. The molecule has 0 unspecified atom stereocenters. The van der Waals surface area contributed by atoms with Gasteiger partial charge in [-0.05, 0) is 12.1 Å². The second-order valence-electron chi connectivity index (χ2n) is 4.13. The van der Waals surface area contributed by atoms with Crippen LogP contribution in [0.5, 0.6) is 5.75 Å². The molecule has 0 amide bonds. The summed E-state index contributed by atoms with van der Waals surface area (Å²) in [5, 5.41) is 3.33. The molecule has 0 aromatic heterocycles. The molecular formula is C13H19FN2O. The summed E-state index contributed by atoms with van der Waals surface area (Å²) in [5.74, 6) is 0.828. The molecule has 0 saturated carbocycles. The first-order valence-electron chi connectivity index (χ1n) is 6.14. The number of benzene rings is 1. The molecule has 0 atom stereocenters. The molecule has 2 rings (SSSR count). The molecule has 94 valence electrons. The highest BCUT2D eigenvalue weighted by Crippen LogP contribution is 2.21. The van der Waals surface area contributed by atoms with Crippen molar-refractivity contribution in [2.24, 2.45) is 0 Å². The number of halogens is 1. The van der Waals surface area contributed by atoms with E-state index in [-0.39, 0.29) is 6.67 Å². The Kier molecular flexibility index (Phi) is 4.62. The average molecular weight is 238 g/mol. The van der Waals surface area contributed by atoms with Crippen LogP contribution in [0.25, 0.3) is 0 Å². The lowest BCUT2D eigenvalue weighted by Gasteiger charge is -2.29. The first-order chi connectivity index (χ1) is 8.40. The van der Waals surface area contributed by atoms with Gasteiger partial charge in [0, 0.05) is 44.4 Å². The van der Waals surface area contributed by atoms with Crippen LogP contribution in [0, 0.1) is 0 Å². The molecule has 0 spiro atoms. The lowest BCUT2D eigenvalue weighted by Crippen LogP contribution is -2.43. The largest absolute Gasteiger partial charge is 0.493 e. The highest BCUT2D eigenvalue weighted by molar-refractivity contribution is 5.51. The van der Waals surface area contributed by atoms with E-state index >= 15 is 0 Å². The van der Waals surface area contributed by atoms with Crippen molar-refractivity contribution in [2.75, 3.05) is 44.4 Å². The fourth-order valence-corrected chi connectivity index (χ4v) is 1.94. The summed E-state index contributed by atoms with van der Waals surface area (Å²) in [6, 6.07) is 8.03. The Morgan fingerprint density at radius 2 is 2.12 bits per heavy atom. The zero-order chi connectivity index (χ0) is 11.9. The van der Waals surface area contributed by atoms with Gasteiger partial charge in [-0.1, -0.05) is 6.07 Å². The number of hydrogen-bond acceptors (Lipinski definition) is 3. The van der Waals surface area contributed by atoms with Crippen LogP contribution >= 0.6 is 0 Å². The molecule has 3 nitrogen and oxygen atoms in total. The van der Waals surface area contributed by atoms with E-state index in [1.807, 2.05) is 18.2 Å². The van der Waals surface area contributed by atoms with Crippen LogP contribution in [0.4, 0.5) is 10.1 Å². The molecule has 1 saturated heterocycles. The monoisotopic (exact) mass is 238 g/mol. The Balaban J connectivity index is 1.95. The first kappa shape index (κ1) is 12.2. The van der Waals surface area contributed by atoms with Gasteiger partial charge in [-0.3, -0.25) is 4.39 Å². The van der Waals surface area contributed by atoms with Crippen LogP contribution in [0.1, 0.15) is 6.42 Å². The first-order valence-corrected chi connectivity index (χ1v) is 6.14. The molecule has 1 N–H and O–H groups in total. The number of rotatable bonds is 5. The van der Waals surface area contributed by atoms with E-state index in [1.54, 1.807) is 0 Å². The molecule has 0 aliphatic carbocycles. The predicted octanol–water partition coefficient (Wildman–Crippen LogP) is 1.83. The Bertz CT molecular complexity index is 340. The molecule has 1 aliphatic heterocycles. The number of nitrogens with one attached hydrogen (secondary N) is 1. The minimum absolute atomic E-state index is 0.322. The zero-order valence-corrected chi connectivity index (χ0v) is 9.99. The highest BCUT2D eigenvalue weighted by Gasteiger charge is 2.10.